The van der Waals surface area contributed by atoms with Crippen molar-refractivity contribution in [2.24, 2.45) is 0 Å². The first-order valence-corrected chi connectivity index (χ1v) is 9.49. The van der Waals surface area contributed by atoms with Crippen LogP contribution in [0.4, 0.5) is 5.69 Å². The van der Waals surface area contributed by atoms with E-state index in [1.54, 1.807) is 0 Å². The highest BCUT2D eigenvalue weighted by atomic mass is 14.9. The van der Waals surface area contributed by atoms with Crippen molar-refractivity contribution >= 4 is 5.69 Å². The van der Waals surface area contributed by atoms with Crippen molar-refractivity contribution in [3.63, 3.8) is 0 Å². The second-order valence-corrected chi connectivity index (χ2v) is 7.16. The zero-order valence-electron chi connectivity index (χ0n) is 16.4. The first kappa shape index (κ1) is 18.3. The van der Waals surface area contributed by atoms with Gasteiger partial charge in [-0.15, -0.1) is 0 Å². The molecule has 0 saturated carbocycles. The Labute approximate surface area is 158 Å². The van der Waals surface area contributed by atoms with Crippen molar-refractivity contribution in [2.75, 3.05) is 5.32 Å². The van der Waals surface area contributed by atoms with E-state index in [4.69, 9.17) is 0 Å². The van der Waals surface area contributed by atoms with Crippen molar-refractivity contribution in [1.82, 2.24) is 0 Å². The number of anilines is 1. The minimum atomic E-state index is 0.877. The summed E-state index contributed by atoms with van der Waals surface area (Å²) in [4.78, 5) is 0. The second kappa shape index (κ2) is 8.23. The van der Waals surface area contributed by atoms with Gasteiger partial charge in [0.15, 0.2) is 0 Å². The Morgan fingerprint density at radius 2 is 1.08 bits per heavy atom. The zero-order chi connectivity index (χ0) is 18.5. The molecule has 0 radical (unpaired) electrons. The fourth-order valence-corrected chi connectivity index (χ4v) is 3.77. The summed E-state index contributed by atoms with van der Waals surface area (Å²) in [6.45, 7) is 10.00. The average molecular weight is 344 g/mol. The van der Waals surface area contributed by atoms with Crippen molar-refractivity contribution in [3.8, 4) is 0 Å². The molecule has 26 heavy (non-hydrogen) atoms. The van der Waals surface area contributed by atoms with Gasteiger partial charge in [-0.2, -0.15) is 0 Å². The molecule has 0 aliphatic carbocycles. The van der Waals surface area contributed by atoms with Crippen LogP contribution < -0.4 is 5.32 Å². The molecule has 0 aliphatic rings. The molecule has 0 saturated heterocycles. The fraction of sp³-hybridized carbons (Fsp3) is 0.280. The van der Waals surface area contributed by atoms with Gasteiger partial charge in [-0.3, -0.25) is 0 Å². The molecule has 0 aromatic heterocycles. The van der Waals surface area contributed by atoms with Crippen molar-refractivity contribution in [1.29, 1.82) is 0 Å². The van der Waals surface area contributed by atoms with Gasteiger partial charge >= 0.3 is 0 Å². The Bertz CT molecular complexity index is 760. The van der Waals surface area contributed by atoms with Crippen LogP contribution in [0.3, 0.4) is 0 Å². The van der Waals surface area contributed by atoms with E-state index < -0.39 is 0 Å². The first-order valence-electron chi connectivity index (χ1n) is 9.49. The van der Waals surface area contributed by atoms with Crippen LogP contribution in [0.15, 0.2) is 60.7 Å². The molecular formula is C25H29N. The molecule has 0 heterocycles. The summed E-state index contributed by atoms with van der Waals surface area (Å²) < 4.78 is 0. The van der Waals surface area contributed by atoms with Gasteiger partial charge in [0.2, 0.25) is 0 Å². The van der Waals surface area contributed by atoms with Gasteiger partial charge in [-0.05, 0) is 91.6 Å². The van der Waals surface area contributed by atoms with Crippen LogP contribution in [0.2, 0.25) is 0 Å². The van der Waals surface area contributed by atoms with Crippen LogP contribution in [0, 0.1) is 27.7 Å². The molecule has 0 unspecified atom stereocenters. The molecule has 3 aromatic rings. The number of aryl methyl sites for hydroxylation is 1. The number of rotatable bonds is 6. The molecule has 1 nitrogen and oxygen atoms in total. The van der Waals surface area contributed by atoms with Gasteiger partial charge in [0.1, 0.15) is 0 Å². The lowest BCUT2D eigenvalue weighted by molar-refractivity contribution is 0.918. The normalized spacial score (nSPS) is 10.8. The lowest BCUT2D eigenvalue weighted by Crippen LogP contribution is -2.10. The predicted molar refractivity (Wildman–Crippen MR) is 113 cm³/mol. The SMILES string of the molecule is Cc1c(C)c(CNc2ccccc2)c(C)c(C)c1CCc1ccccc1. The standard InChI is InChI=1S/C25H29N/c1-18-20(3)25(17-26-23-13-9-6-10-14-23)21(4)19(2)24(18)16-15-22-11-7-5-8-12-22/h5-14,26H,15-17H2,1-4H3. The molecule has 0 fully saturated rings. The number of hydrogen-bond acceptors (Lipinski definition) is 1. The van der Waals surface area contributed by atoms with E-state index in [1.807, 2.05) is 0 Å². The molecular weight excluding hydrogens is 314 g/mol. The first-order chi connectivity index (χ1) is 12.6. The van der Waals surface area contributed by atoms with Crippen LogP contribution in [-0.4, -0.2) is 0 Å². The van der Waals surface area contributed by atoms with E-state index >= 15 is 0 Å². The summed E-state index contributed by atoms with van der Waals surface area (Å²) in [7, 11) is 0. The summed E-state index contributed by atoms with van der Waals surface area (Å²) in [6.07, 6.45) is 2.21. The smallest absolute Gasteiger partial charge is 0.0406 e. The Morgan fingerprint density at radius 3 is 1.65 bits per heavy atom. The maximum Gasteiger partial charge on any atom is 0.0406 e. The Kier molecular flexibility index (Phi) is 5.78. The third kappa shape index (κ3) is 3.99. The molecule has 0 atom stereocenters. The quantitative estimate of drug-likeness (QED) is 0.552. The minimum Gasteiger partial charge on any atom is -0.381 e. The van der Waals surface area contributed by atoms with Crippen LogP contribution in [0.25, 0.3) is 0 Å². The lowest BCUT2D eigenvalue weighted by atomic mass is 9.86. The molecule has 3 rings (SSSR count). The van der Waals surface area contributed by atoms with E-state index in [0.717, 1.165) is 19.4 Å². The Balaban J connectivity index is 1.82. The van der Waals surface area contributed by atoms with Crippen molar-refractivity contribution in [3.05, 3.63) is 99.6 Å². The van der Waals surface area contributed by atoms with Crippen LogP contribution in [0.5, 0.6) is 0 Å². The van der Waals surface area contributed by atoms with Crippen LogP contribution in [0.1, 0.15) is 38.9 Å². The van der Waals surface area contributed by atoms with Crippen LogP contribution >= 0.6 is 0 Å². The number of hydrogen-bond donors (Lipinski definition) is 1. The maximum atomic E-state index is 3.57. The molecule has 134 valence electrons. The summed E-state index contributed by atoms with van der Waals surface area (Å²) in [5.74, 6) is 0. The molecule has 0 aliphatic heterocycles. The topological polar surface area (TPSA) is 12.0 Å². The highest BCUT2D eigenvalue weighted by molar-refractivity contribution is 5.52. The van der Waals surface area contributed by atoms with Gasteiger partial charge in [0.25, 0.3) is 0 Å². The highest BCUT2D eigenvalue weighted by Crippen LogP contribution is 2.28. The van der Waals surface area contributed by atoms with Crippen LogP contribution in [-0.2, 0) is 19.4 Å². The number of para-hydroxylation sites is 1. The van der Waals surface area contributed by atoms with E-state index in [1.165, 1.54) is 44.6 Å². The van der Waals surface area contributed by atoms with E-state index in [-0.39, 0.29) is 0 Å². The summed E-state index contributed by atoms with van der Waals surface area (Å²) in [6, 6.07) is 21.2. The van der Waals surface area contributed by atoms with E-state index in [2.05, 4.69) is 93.7 Å². The van der Waals surface area contributed by atoms with Gasteiger partial charge in [0, 0.05) is 12.2 Å². The van der Waals surface area contributed by atoms with Gasteiger partial charge in [0.05, 0.1) is 0 Å². The Morgan fingerprint density at radius 1 is 0.577 bits per heavy atom. The predicted octanol–water partition coefficient (Wildman–Crippen LogP) is 6.32. The largest absolute Gasteiger partial charge is 0.381 e. The van der Waals surface area contributed by atoms with E-state index in [9.17, 15) is 0 Å². The molecule has 0 amide bonds. The third-order valence-electron chi connectivity index (χ3n) is 5.69. The number of nitrogens with one attached hydrogen (secondary N) is 1. The fourth-order valence-electron chi connectivity index (χ4n) is 3.77. The molecule has 3 aromatic carbocycles. The van der Waals surface area contributed by atoms with Gasteiger partial charge < -0.3 is 5.32 Å². The highest BCUT2D eigenvalue weighted by Gasteiger charge is 2.14. The average Bonchev–Trinajstić information content (AvgIpc) is 2.68. The molecule has 0 spiro atoms. The minimum absolute atomic E-state index is 0.877. The van der Waals surface area contributed by atoms with Gasteiger partial charge in [-0.25, -0.2) is 0 Å². The number of benzene rings is 3. The zero-order valence-corrected chi connectivity index (χ0v) is 16.4. The van der Waals surface area contributed by atoms with Gasteiger partial charge in [-0.1, -0.05) is 48.5 Å². The third-order valence-corrected chi connectivity index (χ3v) is 5.69. The summed E-state index contributed by atoms with van der Waals surface area (Å²) >= 11 is 0. The van der Waals surface area contributed by atoms with Crippen molar-refractivity contribution in [2.45, 2.75) is 47.1 Å². The molecule has 1 N–H and O–H groups in total. The lowest BCUT2D eigenvalue weighted by Gasteiger charge is -2.21. The van der Waals surface area contributed by atoms with E-state index in [0.29, 0.717) is 0 Å². The summed E-state index contributed by atoms with van der Waals surface area (Å²) in [5, 5.41) is 3.57. The summed E-state index contributed by atoms with van der Waals surface area (Å²) in [5.41, 5.74) is 11.3. The molecule has 0 bridgehead atoms. The molecule has 1 heteroatoms. The Hall–Kier alpha value is -2.54. The maximum absolute atomic E-state index is 3.57. The second-order valence-electron chi connectivity index (χ2n) is 7.16. The monoisotopic (exact) mass is 343 g/mol. The van der Waals surface area contributed by atoms with Crippen molar-refractivity contribution < 1.29 is 0 Å².